The van der Waals surface area contributed by atoms with Crippen LogP contribution < -0.4 is 10.1 Å². The molecule has 1 amide bonds. The highest BCUT2D eigenvalue weighted by molar-refractivity contribution is 5.93. The maximum atomic E-state index is 12.2. The van der Waals surface area contributed by atoms with Crippen LogP contribution in [0.3, 0.4) is 0 Å². The summed E-state index contributed by atoms with van der Waals surface area (Å²) < 4.78 is 5.48. The van der Waals surface area contributed by atoms with Gasteiger partial charge in [0.05, 0.1) is 13.0 Å². The standard InChI is InChI=1S/C18H19NO2/c1-12-4-3-5-13(2)18(12)19-17(20)11-14-6-7-16-15(10-14)8-9-21-16/h3-7,10H,8-9,11H2,1-2H3,(H,19,20). The van der Waals surface area contributed by atoms with Crippen molar-refractivity contribution >= 4 is 11.6 Å². The molecule has 1 heterocycles. The van der Waals surface area contributed by atoms with Gasteiger partial charge >= 0.3 is 0 Å². The molecule has 3 heteroatoms. The van der Waals surface area contributed by atoms with Crippen LogP contribution in [0.4, 0.5) is 5.69 Å². The number of hydrogen-bond acceptors (Lipinski definition) is 2. The zero-order valence-corrected chi connectivity index (χ0v) is 12.4. The van der Waals surface area contributed by atoms with Crippen LogP contribution in [0, 0.1) is 13.8 Å². The minimum absolute atomic E-state index is 0.0197. The SMILES string of the molecule is Cc1cccc(C)c1NC(=O)Cc1ccc2c(c1)CCO2. The predicted octanol–water partition coefficient (Wildman–Crippen LogP) is 3.42. The van der Waals surface area contributed by atoms with Crippen molar-refractivity contribution < 1.29 is 9.53 Å². The zero-order chi connectivity index (χ0) is 14.8. The third-order valence-corrected chi connectivity index (χ3v) is 3.86. The lowest BCUT2D eigenvalue weighted by Crippen LogP contribution is -2.16. The third-order valence-electron chi connectivity index (χ3n) is 3.86. The summed E-state index contributed by atoms with van der Waals surface area (Å²) in [5.41, 5.74) is 5.33. The molecule has 2 aromatic carbocycles. The monoisotopic (exact) mass is 281 g/mol. The molecule has 0 saturated heterocycles. The van der Waals surface area contributed by atoms with Gasteiger partial charge in [-0.3, -0.25) is 4.79 Å². The number of carbonyl (C=O) groups excluding carboxylic acids is 1. The van der Waals surface area contributed by atoms with Crippen molar-refractivity contribution in [3.63, 3.8) is 0 Å². The average molecular weight is 281 g/mol. The van der Waals surface area contributed by atoms with E-state index in [9.17, 15) is 4.79 Å². The fourth-order valence-corrected chi connectivity index (χ4v) is 2.73. The van der Waals surface area contributed by atoms with E-state index in [1.165, 1.54) is 5.56 Å². The smallest absolute Gasteiger partial charge is 0.228 e. The Bertz CT molecular complexity index is 671. The number of hydrogen-bond donors (Lipinski definition) is 1. The van der Waals surface area contributed by atoms with E-state index in [1.807, 2.05) is 44.2 Å². The normalized spacial score (nSPS) is 12.7. The number of rotatable bonds is 3. The maximum absolute atomic E-state index is 12.2. The van der Waals surface area contributed by atoms with Crippen molar-refractivity contribution in [1.29, 1.82) is 0 Å². The summed E-state index contributed by atoms with van der Waals surface area (Å²) in [5.74, 6) is 0.972. The van der Waals surface area contributed by atoms with Gasteiger partial charge in [-0.1, -0.05) is 30.3 Å². The Kier molecular flexibility index (Phi) is 3.65. The van der Waals surface area contributed by atoms with E-state index in [0.29, 0.717) is 6.42 Å². The highest BCUT2D eigenvalue weighted by Crippen LogP contribution is 2.26. The Labute approximate surface area is 124 Å². The van der Waals surface area contributed by atoms with Gasteiger partial charge in [-0.05, 0) is 42.2 Å². The molecule has 0 aromatic heterocycles. The molecule has 1 aliphatic heterocycles. The fraction of sp³-hybridized carbons (Fsp3) is 0.278. The zero-order valence-electron chi connectivity index (χ0n) is 12.4. The Morgan fingerprint density at radius 1 is 1.19 bits per heavy atom. The average Bonchev–Trinajstić information content (AvgIpc) is 2.90. The van der Waals surface area contributed by atoms with Crippen LogP contribution in [-0.2, 0) is 17.6 Å². The van der Waals surface area contributed by atoms with Gasteiger partial charge in [0.1, 0.15) is 5.75 Å². The van der Waals surface area contributed by atoms with Crippen molar-refractivity contribution in [1.82, 2.24) is 0 Å². The summed E-state index contributed by atoms with van der Waals surface area (Å²) in [6.07, 6.45) is 1.32. The van der Waals surface area contributed by atoms with Crippen molar-refractivity contribution in [2.24, 2.45) is 0 Å². The van der Waals surface area contributed by atoms with Crippen molar-refractivity contribution in [2.45, 2.75) is 26.7 Å². The number of nitrogens with one attached hydrogen (secondary N) is 1. The van der Waals surface area contributed by atoms with E-state index in [4.69, 9.17) is 4.74 Å². The summed E-state index contributed by atoms with van der Waals surface area (Å²) in [5, 5.41) is 3.02. The second kappa shape index (κ2) is 5.60. The molecule has 3 nitrogen and oxygen atoms in total. The van der Waals surface area contributed by atoms with Gasteiger partial charge in [-0.25, -0.2) is 0 Å². The number of fused-ring (bicyclic) bond motifs is 1. The van der Waals surface area contributed by atoms with Gasteiger partial charge in [0.2, 0.25) is 5.91 Å². The molecule has 2 aromatic rings. The van der Waals surface area contributed by atoms with E-state index >= 15 is 0 Å². The molecule has 3 rings (SSSR count). The quantitative estimate of drug-likeness (QED) is 0.936. The topological polar surface area (TPSA) is 38.3 Å². The van der Waals surface area contributed by atoms with Crippen LogP contribution in [0.1, 0.15) is 22.3 Å². The lowest BCUT2D eigenvalue weighted by Gasteiger charge is -2.11. The van der Waals surface area contributed by atoms with Crippen molar-refractivity contribution in [3.05, 3.63) is 58.7 Å². The molecule has 1 aliphatic rings. The number of anilines is 1. The third kappa shape index (κ3) is 2.92. The van der Waals surface area contributed by atoms with E-state index in [0.717, 1.165) is 41.2 Å². The van der Waals surface area contributed by atoms with E-state index in [1.54, 1.807) is 0 Å². The molecule has 0 radical (unpaired) electrons. The molecular formula is C18H19NO2. The van der Waals surface area contributed by atoms with Crippen molar-refractivity contribution in [2.75, 3.05) is 11.9 Å². The Morgan fingerprint density at radius 3 is 2.71 bits per heavy atom. The Balaban J connectivity index is 1.72. The van der Waals surface area contributed by atoms with E-state index in [2.05, 4.69) is 11.4 Å². The van der Waals surface area contributed by atoms with Gasteiger partial charge in [0, 0.05) is 12.1 Å². The number of carbonyl (C=O) groups is 1. The lowest BCUT2D eigenvalue weighted by molar-refractivity contribution is -0.115. The molecule has 0 unspecified atom stereocenters. The van der Waals surface area contributed by atoms with Crippen LogP contribution in [0.15, 0.2) is 36.4 Å². The lowest BCUT2D eigenvalue weighted by atomic mass is 10.1. The minimum atomic E-state index is 0.0197. The molecule has 108 valence electrons. The predicted molar refractivity (Wildman–Crippen MR) is 83.9 cm³/mol. The number of amides is 1. The summed E-state index contributed by atoms with van der Waals surface area (Å²) >= 11 is 0. The first-order chi connectivity index (χ1) is 10.1. The second-order valence-electron chi connectivity index (χ2n) is 5.53. The van der Waals surface area contributed by atoms with Crippen LogP contribution in [0.2, 0.25) is 0 Å². The van der Waals surface area contributed by atoms with Crippen LogP contribution in [0.25, 0.3) is 0 Å². The first-order valence-corrected chi connectivity index (χ1v) is 7.24. The fourth-order valence-electron chi connectivity index (χ4n) is 2.73. The first kappa shape index (κ1) is 13.7. The van der Waals surface area contributed by atoms with Gasteiger partial charge in [0.15, 0.2) is 0 Å². The van der Waals surface area contributed by atoms with E-state index < -0.39 is 0 Å². The minimum Gasteiger partial charge on any atom is -0.493 e. The first-order valence-electron chi connectivity index (χ1n) is 7.24. The Morgan fingerprint density at radius 2 is 1.95 bits per heavy atom. The highest BCUT2D eigenvalue weighted by Gasteiger charge is 2.14. The number of para-hydroxylation sites is 1. The van der Waals surface area contributed by atoms with Crippen LogP contribution in [0.5, 0.6) is 5.75 Å². The number of aryl methyl sites for hydroxylation is 2. The molecule has 1 N–H and O–H groups in total. The summed E-state index contributed by atoms with van der Waals surface area (Å²) in [4.78, 5) is 12.2. The Hall–Kier alpha value is -2.29. The van der Waals surface area contributed by atoms with Crippen LogP contribution in [-0.4, -0.2) is 12.5 Å². The van der Waals surface area contributed by atoms with E-state index in [-0.39, 0.29) is 5.91 Å². The number of ether oxygens (including phenoxy) is 1. The van der Waals surface area contributed by atoms with Gasteiger partial charge in [-0.2, -0.15) is 0 Å². The maximum Gasteiger partial charge on any atom is 0.228 e. The largest absolute Gasteiger partial charge is 0.493 e. The molecule has 0 aliphatic carbocycles. The molecule has 21 heavy (non-hydrogen) atoms. The highest BCUT2D eigenvalue weighted by atomic mass is 16.5. The van der Waals surface area contributed by atoms with Crippen molar-refractivity contribution in [3.8, 4) is 5.75 Å². The molecule has 0 spiro atoms. The second-order valence-corrected chi connectivity index (χ2v) is 5.53. The molecule has 0 fully saturated rings. The summed E-state index contributed by atoms with van der Waals surface area (Å²) in [6, 6.07) is 12.0. The summed E-state index contributed by atoms with van der Waals surface area (Å²) in [6.45, 7) is 4.76. The summed E-state index contributed by atoms with van der Waals surface area (Å²) in [7, 11) is 0. The molecule has 0 bridgehead atoms. The van der Waals surface area contributed by atoms with Gasteiger partial charge in [0.25, 0.3) is 0 Å². The van der Waals surface area contributed by atoms with Crippen LogP contribution >= 0.6 is 0 Å². The molecule has 0 saturated carbocycles. The van der Waals surface area contributed by atoms with Gasteiger partial charge in [-0.15, -0.1) is 0 Å². The molecular weight excluding hydrogens is 262 g/mol. The van der Waals surface area contributed by atoms with Gasteiger partial charge < -0.3 is 10.1 Å². The number of benzene rings is 2. The molecule has 0 atom stereocenters.